The Bertz CT molecular complexity index is 459. The first-order valence-electron chi connectivity index (χ1n) is 9.34. The maximum absolute atomic E-state index is 12.3. The van der Waals surface area contributed by atoms with Gasteiger partial charge >= 0.3 is 6.09 Å². The van der Waals surface area contributed by atoms with Crippen LogP contribution in [0, 0.1) is 0 Å². The number of likely N-dealkylation sites (tertiary alicyclic amines) is 1. The van der Waals surface area contributed by atoms with Crippen LogP contribution in [-0.2, 0) is 14.2 Å². The van der Waals surface area contributed by atoms with Crippen molar-refractivity contribution in [2.24, 2.45) is 0 Å². The fourth-order valence-corrected chi connectivity index (χ4v) is 3.57. The molecule has 0 bridgehead atoms. The topological polar surface area (TPSA) is 51.2 Å². The number of morpholine rings is 1. The predicted molar refractivity (Wildman–Crippen MR) is 97.8 cm³/mol. The Morgan fingerprint density at radius 1 is 1.16 bits per heavy atom. The average molecular weight is 357 g/mol. The lowest BCUT2D eigenvalue weighted by Gasteiger charge is -2.53. The third-order valence-corrected chi connectivity index (χ3v) is 4.95. The van der Waals surface area contributed by atoms with Crippen LogP contribution in [0.5, 0.6) is 0 Å². The molecule has 0 aromatic carbocycles. The summed E-state index contributed by atoms with van der Waals surface area (Å²) >= 11 is 0. The van der Waals surface area contributed by atoms with Crippen molar-refractivity contribution >= 4 is 6.09 Å². The summed E-state index contributed by atoms with van der Waals surface area (Å²) in [7, 11) is 1.72. The first kappa shape index (κ1) is 20.5. The second-order valence-electron chi connectivity index (χ2n) is 9.40. The molecule has 25 heavy (non-hydrogen) atoms. The Balaban J connectivity index is 2.02. The van der Waals surface area contributed by atoms with Crippen LogP contribution in [-0.4, -0.2) is 78.6 Å². The Kier molecular flexibility index (Phi) is 6.07. The molecule has 0 aromatic rings. The van der Waals surface area contributed by atoms with Crippen LogP contribution in [0.2, 0.25) is 0 Å². The molecule has 0 aliphatic carbocycles. The second kappa shape index (κ2) is 7.41. The summed E-state index contributed by atoms with van der Waals surface area (Å²) in [5, 5.41) is 0. The smallest absolute Gasteiger partial charge is 0.410 e. The van der Waals surface area contributed by atoms with E-state index in [-0.39, 0.29) is 23.3 Å². The van der Waals surface area contributed by atoms with E-state index >= 15 is 0 Å². The molecule has 0 radical (unpaired) electrons. The molecule has 2 saturated heterocycles. The van der Waals surface area contributed by atoms with Gasteiger partial charge in [-0.1, -0.05) is 0 Å². The lowest BCUT2D eigenvalue weighted by molar-refractivity contribution is -0.198. The molecule has 1 atom stereocenters. The minimum atomic E-state index is -0.458. The number of carbonyl (C=O) groups excluding carboxylic acids is 1. The minimum absolute atomic E-state index is 0.0750. The van der Waals surface area contributed by atoms with Gasteiger partial charge in [0.25, 0.3) is 0 Å². The van der Waals surface area contributed by atoms with Gasteiger partial charge in [0, 0.05) is 38.8 Å². The van der Waals surface area contributed by atoms with E-state index in [4.69, 9.17) is 14.2 Å². The number of amides is 1. The summed E-state index contributed by atoms with van der Waals surface area (Å²) in [5.41, 5.74) is -0.571. The first-order chi connectivity index (χ1) is 11.4. The highest BCUT2D eigenvalue weighted by Crippen LogP contribution is 2.35. The van der Waals surface area contributed by atoms with Crippen molar-refractivity contribution in [3.8, 4) is 0 Å². The van der Waals surface area contributed by atoms with Crippen molar-refractivity contribution in [2.75, 3.05) is 39.9 Å². The normalized spacial score (nSPS) is 25.2. The van der Waals surface area contributed by atoms with Crippen molar-refractivity contribution < 1.29 is 19.0 Å². The third kappa shape index (κ3) is 5.56. The molecule has 0 unspecified atom stereocenters. The number of hydrogen-bond acceptors (Lipinski definition) is 5. The largest absolute Gasteiger partial charge is 0.444 e. The predicted octanol–water partition coefficient (Wildman–Crippen LogP) is 2.90. The molecule has 2 aliphatic rings. The molecule has 2 heterocycles. The Morgan fingerprint density at radius 2 is 1.76 bits per heavy atom. The Labute approximate surface area is 152 Å². The van der Waals surface area contributed by atoms with Gasteiger partial charge in [-0.3, -0.25) is 4.90 Å². The van der Waals surface area contributed by atoms with Gasteiger partial charge in [0.05, 0.1) is 18.3 Å². The van der Waals surface area contributed by atoms with Gasteiger partial charge in [0.15, 0.2) is 0 Å². The number of methoxy groups -OCH3 is 1. The summed E-state index contributed by atoms with van der Waals surface area (Å²) < 4.78 is 17.3. The van der Waals surface area contributed by atoms with Gasteiger partial charge in [0.2, 0.25) is 0 Å². The maximum atomic E-state index is 12.3. The highest BCUT2D eigenvalue weighted by atomic mass is 16.6. The molecule has 6 heteroatoms. The van der Waals surface area contributed by atoms with Crippen LogP contribution in [0.3, 0.4) is 0 Å². The molecular weight excluding hydrogens is 320 g/mol. The van der Waals surface area contributed by atoms with Gasteiger partial charge in [0.1, 0.15) is 5.60 Å². The lowest BCUT2D eigenvalue weighted by Crippen LogP contribution is -2.64. The van der Waals surface area contributed by atoms with E-state index < -0.39 is 5.60 Å². The molecule has 1 spiro atoms. The standard InChI is InChI=1S/C19H36N2O4/c1-17(2,3)21-12-15(13-23-7)24-19(14-21)8-10-20(11-9-19)16(22)25-18(4,5)6/h15H,8-14H2,1-7H3/t15-/m1/s1. The van der Waals surface area contributed by atoms with Crippen LogP contribution < -0.4 is 0 Å². The molecule has 0 saturated carbocycles. The van der Waals surface area contributed by atoms with Crippen LogP contribution in [0.4, 0.5) is 4.79 Å². The molecule has 1 amide bonds. The number of carbonyl (C=O) groups is 1. The van der Waals surface area contributed by atoms with E-state index in [1.807, 2.05) is 20.8 Å². The van der Waals surface area contributed by atoms with Crippen molar-refractivity contribution in [2.45, 2.75) is 77.2 Å². The van der Waals surface area contributed by atoms with Gasteiger partial charge in [-0.25, -0.2) is 4.79 Å². The fraction of sp³-hybridized carbons (Fsp3) is 0.947. The lowest BCUT2D eigenvalue weighted by atomic mass is 9.87. The molecule has 146 valence electrons. The number of piperidine rings is 1. The Morgan fingerprint density at radius 3 is 2.24 bits per heavy atom. The summed E-state index contributed by atoms with van der Waals surface area (Å²) in [5.74, 6) is 0. The van der Waals surface area contributed by atoms with E-state index in [0.29, 0.717) is 19.7 Å². The number of ether oxygens (including phenoxy) is 3. The molecule has 0 N–H and O–H groups in total. The zero-order valence-electron chi connectivity index (χ0n) is 17.1. The van der Waals surface area contributed by atoms with E-state index in [0.717, 1.165) is 25.9 Å². The quantitative estimate of drug-likeness (QED) is 0.761. The highest BCUT2D eigenvalue weighted by molar-refractivity contribution is 5.68. The van der Waals surface area contributed by atoms with Crippen molar-refractivity contribution in [3.63, 3.8) is 0 Å². The summed E-state index contributed by atoms with van der Waals surface area (Å²) in [6.45, 7) is 16.2. The zero-order chi connectivity index (χ0) is 18.9. The number of rotatable bonds is 2. The Hall–Kier alpha value is -0.850. The number of nitrogens with zero attached hydrogens (tertiary/aromatic N) is 2. The fourth-order valence-electron chi connectivity index (χ4n) is 3.57. The van der Waals surface area contributed by atoms with Crippen LogP contribution in [0.15, 0.2) is 0 Å². The van der Waals surface area contributed by atoms with Crippen molar-refractivity contribution in [3.05, 3.63) is 0 Å². The molecule has 2 aliphatic heterocycles. The van der Waals surface area contributed by atoms with E-state index in [9.17, 15) is 4.79 Å². The average Bonchev–Trinajstić information content (AvgIpc) is 2.45. The third-order valence-electron chi connectivity index (χ3n) is 4.95. The minimum Gasteiger partial charge on any atom is -0.444 e. The first-order valence-corrected chi connectivity index (χ1v) is 9.34. The van der Waals surface area contributed by atoms with Crippen LogP contribution in [0.25, 0.3) is 0 Å². The van der Waals surface area contributed by atoms with Crippen molar-refractivity contribution in [1.82, 2.24) is 9.80 Å². The number of hydrogen-bond donors (Lipinski definition) is 0. The monoisotopic (exact) mass is 356 g/mol. The summed E-state index contributed by atoms with van der Waals surface area (Å²) in [6.07, 6.45) is 1.52. The van der Waals surface area contributed by atoms with Gasteiger partial charge in [-0.05, 0) is 54.4 Å². The molecule has 0 aromatic heterocycles. The van der Waals surface area contributed by atoms with Gasteiger partial charge in [-0.15, -0.1) is 0 Å². The maximum Gasteiger partial charge on any atom is 0.410 e. The summed E-state index contributed by atoms with van der Waals surface area (Å²) in [6, 6.07) is 0. The van der Waals surface area contributed by atoms with E-state index in [1.54, 1.807) is 12.0 Å². The zero-order valence-corrected chi connectivity index (χ0v) is 17.1. The second-order valence-corrected chi connectivity index (χ2v) is 9.40. The van der Waals surface area contributed by atoms with Crippen LogP contribution >= 0.6 is 0 Å². The molecular formula is C19H36N2O4. The highest BCUT2D eigenvalue weighted by Gasteiger charge is 2.46. The van der Waals surface area contributed by atoms with Gasteiger partial charge < -0.3 is 19.1 Å². The van der Waals surface area contributed by atoms with E-state index in [1.165, 1.54) is 0 Å². The van der Waals surface area contributed by atoms with Crippen molar-refractivity contribution in [1.29, 1.82) is 0 Å². The summed E-state index contributed by atoms with van der Waals surface area (Å²) in [4.78, 5) is 16.6. The SMILES string of the molecule is COC[C@H]1CN(C(C)(C)C)CC2(CCN(C(=O)OC(C)(C)C)CC2)O1. The van der Waals surface area contributed by atoms with Crippen LogP contribution in [0.1, 0.15) is 54.4 Å². The van der Waals surface area contributed by atoms with Gasteiger partial charge in [-0.2, -0.15) is 0 Å². The molecule has 6 nitrogen and oxygen atoms in total. The molecule has 2 fully saturated rings. The molecule has 2 rings (SSSR count). The van der Waals surface area contributed by atoms with E-state index in [2.05, 4.69) is 25.7 Å².